The molecule has 1 unspecified atom stereocenters. The van der Waals surface area contributed by atoms with Crippen molar-refractivity contribution >= 4 is 9.84 Å². The third-order valence-corrected chi connectivity index (χ3v) is 5.22. The first-order chi connectivity index (χ1) is 8.88. The smallest absolute Gasteiger partial charge is 0.197 e. The zero-order valence-electron chi connectivity index (χ0n) is 10.7. The summed E-state index contributed by atoms with van der Waals surface area (Å²) in [5, 5.41) is 7.71. The van der Waals surface area contributed by atoms with Crippen LogP contribution in [0.5, 0.6) is 0 Å². The molecule has 0 saturated heterocycles. The fourth-order valence-electron chi connectivity index (χ4n) is 1.98. The maximum atomic E-state index is 13.6. The molecule has 1 rings (SSSR count). The van der Waals surface area contributed by atoms with Gasteiger partial charge in [-0.25, -0.2) is 17.2 Å². The van der Waals surface area contributed by atoms with E-state index < -0.39 is 37.5 Å². The Balaban J connectivity index is 3.37. The summed E-state index contributed by atoms with van der Waals surface area (Å²) in [7, 11) is -4.20. The number of hydrogen-bond acceptors (Lipinski definition) is 3. The van der Waals surface area contributed by atoms with E-state index in [2.05, 4.69) is 0 Å². The number of nitriles is 1. The van der Waals surface area contributed by atoms with Gasteiger partial charge in [-0.2, -0.15) is 5.26 Å². The van der Waals surface area contributed by atoms with Crippen LogP contribution in [0.25, 0.3) is 0 Å². The quantitative estimate of drug-likeness (QED) is 0.836. The zero-order valence-corrected chi connectivity index (χ0v) is 11.5. The average molecular weight is 287 g/mol. The average Bonchev–Trinajstić information content (AvgIpc) is 2.38. The second-order valence-corrected chi connectivity index (χ2v) is 6.28. The predicted octanol–water partition coefficient (Wildman–Crippen LogP) is 3.07. The maximum absolute atomic E-state index is 13.6. The number of benzene rings is 1. The molecular formula is C13H15F2NO2S. The van der Waals surface area contributed by atoms with Crippen LogP contribution < -0.4 is 0 Å². The molecule has 0 aliphatic heterocycles. The highest BCUT2D eigenvalue weighted by Gasteiger charge is 2.35. The van der Waals surface area contributed by atoms with E-state index in [1.165, 1.54) is 0 Å². The van der Waals surface area contributed by atoms with Crippen LogP contribution in [-0.2, 0) is 9.84 Å². The van der Waals surface area contributed by atoms with Gasteiger partial charge in [0.2, 0.25) is 0 Å². The van der Waals surface area contributed by atoms with Gasteiger partial charge in [0.15, 0.2) is 15.1 Å². The minimum absolute atomic E-state index is 0.405. The molecule has 0 aliphatic carbocycles. The summed E-state index contributed by atoms with van der Waals surface area (Å²) >= 11 is 0. The Morgan fingerprint density at radius 2 is 1.84 bits per heavy atom. The Hall–Kier alpha value is -1.48. The first-order valence-corrected chi connectivity index (χ1v) is 7.51. The number of sulfone groups is 1. The van der Waals surface area contributed by atoms with Crippen LogP contribution in [0.2, 0.25) is 0 Å². The molecule has 0 amide bonds. The van der Waals surface area contributed by atoms with Gasteiger partial charge in [0.1, 0.15) is 16.5 Å². The molecule has 1 aromatic carbocycles. The fraction of sp³-hybridized carbons (Fsp3) is 0.462. The van der Waals surface area contributed by atoms with Crippen molar-refractivity contribution in [2.24, 2.45) is 5.92 Å². The van der Waals surface area contributed by atoms with E-state index in [9.17, 15) is 17.2 Å². The highest BCUT2D eigenvalue weighted by atomic mass is 32.2. The van der Waals surface area contributed by atoms with Gasteiger partial charge < -0.3 is 0 Å². The Labute approximate surface area is 111 Å². The largest absolute Gasteiger partial charge is 0.222 e. The minimum atomic E-state index is -4.20. The highest BCUT2D eigenvalue weighted by molar-refractivity contribution is 7.92. The van der Waals surface area contributed by atoms with Crippen molar-refractivity contribution in [3.8, 4) is 6.07 Å². The summed E-state index contributed by atoms with van der Waals surface area (Å²) in [6.07, 6.45) is 0.954. The van der Waals surface area contributed by atoms with Crippen molar-refractivity contribution in [2.75, 3.05) is 0 Å². The monoisotopic (exact) mass is 287 g/mol. The zero-order chi connectivity index (χ0) is 14.6. The van der Waals surface area contributed by atoms with Crippen LogP contribution >= 0.6 is 0 Å². The third-order valence-electron chi connectivity index (χ3n) is 3.14. The minimum Gasteiger partial charge on any atom is -0.222 e. The molecule has 0 fully saturated rings. The van der Waals surface area contributed by atoms with Gasteiger partial charge in [-0.15, -0.1) is 0 Å². The van der Waals surface area contributed by atoms with E-state index in [0.29, 0.717) is 18.9 Å². The first-order valence-electron chi connectivity index (χ1n) is 5.97. The second kappa shape index (κ2) is 6.11. The Morgan fingerprint density at radius 3 is 2.32 bits per heavy atom. The topological polar surface area (TPSA) is 57.9 Å². The van der Waals surface area contributed by atoms with Crippen LogP contribution in [0.15, 0.2) is 23.1 Å². The van der Waals surface area contributed by atoms with Gasteiger partial charge in [-0.3, -0.25) is 0 Å². The lowest BCUT2D eigenvalue weighted by molar-refractivity contribution is 0.481. The van der Waals surface area contributed by atoms with Crippen molar-refractivity contribution < 1.29 is 17.2 Å². The summed E-state index contributed by atoms with van der Waals surface area (Å²) < 4.78 is 51.2. The van der Waals surface area contributed by atoms with Crippen molar-refractivity contribution in [1.82, 2.24) is 0 Å². The lowest BCUT2D eigenvalue weighted by Gasteiger charge is -2.19. The summed E-state index contributed by atoms with van der Waals surface area (Å²) in [5.74, 6) is -2.29. The number of rotatable bonds is 5. The van der Waals surface area contributed by atoms with Crippen molar-refractivity contribution in [3.63, 3.8) is 0 Å². The number of halogens is 2. The van der Waals surface area contributed by atoms with Crippen LogP contribution in [0.1, 0.15) is 26.7 Å². The number of nitrogens with zero attached hydrogens (tertiary/aromatic N) is 1. The van der Waals surface area contributed by atoms with E-state index in [0.717, 1.165) is 12.1 Å². The summed E-state index contributed by atoms with van der Waals surface area (Å²) in [6, 6.07) is 3.93. The molecule has 1 atom stereocenters. The van der Waals surface area contributed by atoms with Crippen LogP contribution in [0, 0.1) is 28.9 Å². The molecule has 19 heavy (non-hydrogen) atoms. The van der Waals surface area contributed by atoms with E-state index in [-0.39, 0.29) is 0 Å². The van der Waals surface area contributed by atoms with Gasteiger partial charge >= 0.3 is 0 Å². The van der Waals surface area contributed by atoms with E-state index >= 15 is 0 Å². The Kier molecular flexibility index (Phi) is 5.01. The van der Waals surface area contributed by atoms with Crippen molar-refractivity contribution in [1.29, 1.82) is 5.26 Å². The lowest BCUT2D eigenvalue weighted by atomic mass is 10.0. The molecular weight excluding hydrogens is 272 g/mol. The molecule has 0 heterocycles. The van der Waals surface area contributed by atoms with Crippen LogP contribution in [0.4, 0.5) is 8.78 Å². The third kappa shape index (κ3) is 3.10. The van der Waals surface area contributed by atoms with Crippen LogP contribution in [0.3, 0.4) is 0 Å². The molecule has 0 bridgehead atoms. The van der Waals surface area contributed by atoms with E-state index in [1.807, 2.05) is 0 Å². The lowest BCUT2D eigenvalue weighted by Crippen LogP contribution is -2.28. The van der Waals surface area contributed by atoms with E-state index in [4.69, 9.17) is 5.26 Å². The molecule has 0 saturated carbocycles. The normalized spacial score (nSPS) is 13.3. The molecule has 0 N–H and O–H groups in total. The van der Waals surface area contributed by atoms with Gasteiger partial charge in [-0.1, -0.05) is 26.7 Å². The highest BCUT2D eigenvalue weighted by Crippen LogP contribution is 2.27. The SMILES string of the molecule is CCC(CC)C(C#N)S(=O)(=O)c1cc(F)ccc1F. The summed E-state index contributed by atoms with van der Waals surface area (Å²) in [5.41, 5.74) is 0. The van der Waals surface area contributed by atoms with Crippen molar-refractivity contribution in [3.05, 3.63) is 29.8 Å². The van der Waals surface area contributed by atoms with Gasteiger partial charge in [0.05, 0.1) is 6.07 Å². The Morgan fingerprint density at radius 1 is 1.26 bits per heavy atom. The molecule has 0 spiro atoms. The molecule has 6 heteroatoms. The van der Waals surface area contributed by atoms with Crippen LogP contribution in [-0.4, -0.2) is 13.7 Å². The van der Waals surface area contributed by atoms with Crippen molar-refractivity contribution in [2.45, 2.75) is 36.8 Å². The molecule has 104 valence electrons. The fourth-order valence-corrected chi connectivity index (χ4v) is 3.90. The Bertz CT molecular complexity index is 589. The van der Waals surface area contributed by atoms with Gasteiger partial charge in [-0.05, 0) is 24.1 Å². The maximum Gasteiger partial charge on any atom is 0.197 e. The summed E-state index contributed by atoms with van der Waals surface area (Å²) in [6.45, 7) is 3.52. The first kappa shape index (κ1) is 15.6. The molecule has 0 aromatic heterocycles. The molecule has 0 radical (unpaired) electrons. The number of hydrogen-bond donors (Lipinski definition) is 0. The van der Waals surface area contributed by atoms with E-state index in [1.54, 1.807) is 19.9 Å². The standard InChI is InChI=1S/C13H15F2NO2S/c1-3-9(4-2)13(8-16)19(17,18)12-7-10(14)5-6-11(12)15/h5-7,9,13H,3-4H2,1-2H3. The molecule has 1 aromatic rings. The summed E-state index contributed by atoms with van der Waals surface area (Å²) in [4.78, 5) is -0.744. The second-order valence-electron chi connectivity index (χ2n) is 4.25. The molecule has 0 aliphatic rings. The predicted molar refractivity (Wildman–Crippen MR) is 67.0 cm³/mol. The van der Waals surface area contributed by atoms with Gasteiger partial charge in [0.25, 0.3) is 0 Å². The van der Waals surface area contributed by atoms with Gasteiger partial charge in [0, 0.05) is 0 Å². The molecule has 3 nitrogen and oxygen atoms in total.